The van der Waals surface area contributed by atoms with Crippen molar-refractivity contribution in [2.75, 3.05) is 6.61 Å². The van der Waals surface area contributed by atoms with E-state index in [1.165, 1.54) is 18.2 Å². The van der Waals surface area contributed by atoms with E-state index in [0.717, 1.165) is 5.56 Å². The second kappa shape index (κ2) is 6.84. The molecule has 0 N–H and O–H groups in total. The summed E-state index contributed by atoms with van der Waals surface area (Å²) in [5.41, 5.74) is -1.23. The molecule has 0 aliphatic rings. The second-order valence-electron chi connectivity index (χ2n) is 5.26. The summed E-state index contributed by atoms with van der Waals surface area (Å²) < 4.78 is 49.3. The minimum Gasteiger partial charge on any atom is -0.489 e. The molecule has 0 bridgehead atoms. The van der Waals surface area contributed by atoms with Gasteiger partial charge in [-0.25, -0.2) is 4.79 Å². The highest BCUT2D eigenvalue weighted by Gasteiger charge is 2.33. The fraction of sp³-hybridized carbons (Fsp3) is 0.105. The molecule has 0 amide bonds. The predicted molar refractivity (Wildman–Crippen MR) is 88.5 cm³/mol. The van der Waals surface area contributed by atoms with Crippen molar-refractivity contribution in [3.05, 3.63) is 82.2 Å². The van der Waals surface area contributed by atoms with Crippen molar-refractivity contribution in [3.63, 3.8) is 0 Å². The quantitative estimate of drug-likeness (QED) is 0.631. The third-order valence-electron chi connectivity index (χ3n) is 3.48. The van der Waals surface area contributed by atoms with Crippen molar-refractivity contribution in [1.82, 2.24) is 0 Å². The van der Waals surface area contributed by atoms with Gasteiger partial charge < -0.3 is 9.15 Å². The van der Waals surface area contributed by atoms with Gasteiger partial charge in [-0.3, -0.25) is 0 Å². The highest BCUT2D eigenvalue weighted by Crippen LogP contribution is 2.34. The summed E-state index contributed by atoms with van der Waals surface area (Å²) in [6, 6.07) is 14.0. The molecule has 0 aliphatic heterocycles. The van der Waals surface area contributed by atoms with Crippen molar-refractivity contribution in [2.24, 2.45) is 0 Å². The van der Waals surface area contributed by atoms with Crippen LogP contribution in [0.5, 0.6) is 5.75 Å². The minimum absolute atomic E-state index is 0.163. The Morgan fingerprint density at radius 2 is 1.80 bits per heavy atom. The van der Waals surface area contributed by atoms with Crippen molar-refractivity contribution in [2.45, 2.75) is 6.18 Å². The zero-order valence-electron chi connectivity index (χ0n) is 12.9. The van der Waals surface area contributed by atoms with Crippen LogP contribution in [0.25, 0.3) is 17.0 Å². The van der Waals surface area contributed by atoms with Crippen LogP contribution in [0.15, 0.2) is 69.9 Å². The normalized spacial score (nSPS) is 12.0. The Labute approximate surface area is 141 Å². The Bertz CT molecular complexity index is 957. The number of rotatable bonds is 4. The molecule has 25 heavy (non-hydrogen) atoms. The van der Waals surface area contributed by atoms with Gasteiger partial charge in [-0.15, -0.1) is 0 Å². The first-order valence-corrected chi connectivity index (χ1v) is 7.43. The summed E-state index contributed by atoms with van der Waals surface area (Å²) in [6.07, 6.45) is -0.986. The molecule has 3 aromatic rings. The standard InChI is InChI=1S/C19H13F3O3/c20-19(21,22)16-12-18(23)25-17-11-14(8-9-15(16)17)24-10-4-7-13-5-2-1-3-6-13/h1-9,11-12H,10H2. The molecule has 0 fully saturated rings. The smallest absolute Gasteiger partial charge is 0.417 e. The van der Waals surface area contributed by atoms with Crippen LogP contribution >= 0.6 is 0 Å². The van der Waals surface area contributed by atoms with Crippen molar-refractivity contribution < 1.29 is 22.3 Å². The van der Waals surface area contributed by atoms with Crippen LogP contribution in [0.4, 0.5) is 13.2 Å². The van der Waals surface area contributed by atoms with Gasteiger partial charge in [0.05, 0.1) is 5.56 Å². The molecule has 0 saturated carbocycles. The van der Waals surface area contributed by atoms with E-state index >= 15 is 0 Å². The average Bonchev–Trinajstić information content (AvgIpc) is 2.58. The summed E-state index contributed by atoms with van der Waals surface area (Å²) in [5.74, 6) is 0.313. The summed E-state index contributed by atoms with van der Waals surface area (Å²) in [5, 5.41) is -0.181. The van der Waals surface area contributed by atoms with Gasteiger partial charge >= 0.3 is 11.8 Å². The van der Waals surface area contributed by atoms with Crippen LogP contribution in [-0.2, 0) is 6.18 Å². The molecular weight excluding hydrogens is 333 g/mol. The fourth-order valence-electron chi connectivity index (χ4n) is 2.36. The van der Waals surface area contributed by atoms with Crippen LogP contribution in [0.3, 0.4) is 0 Å². The number of benzene rings is 2. The molecule has 1 heterocycles. The molecule has 0 aliphatic carbocycles. The predicted octanol–water partition coefficient (Wildman–Crippen LogP) is 4.90. The molecular formula is C19H13F3O3. The molecule has 0 spiro atoms. The van der Waals surface area contributed by atoms with E-state index in [1.807, 2.05) is 36.4 Å². The highest BCUT2D eigenvalue weighted by atomic mass is 19.4. The average molecular weight is 346 g/mol. The van der Waals surface area contributed by atoms with E-state index in [0.29, 0.717) is 11.8 Å². The lowest BCUT2D eigenvalue weighted by Gasteiger charge is -2.10. The first-order chi connectivity index (χ1) is 11.9. The molecule has 0 saturated heterocycles. The molecule has 6 heteroatoms. The maximum absolute atomic E-state index is 13.0. The Morgan fingerprint density at radius 3 is 2.52 bits per heavy atom. The van der Waals surface area contributed by atoms with Gasteiger partial charge in [-0.2, -0.15) is 13.2 Å². The van der Waals surface area contributed by atoms with Crippen LogP contribution in [0.1, 0.15) is 11.1 Å². The molecule has 3 nitrogen and oxygen atoms in total. The summed E-state index contributed by atoms with van der Waals surface area (Å²) in [7, 11) is 0. The second-order valence-corrected chi connectivity index (χ2v) is 5.26. The van der Waals surface area contributed by atoms with Crippen LogP contribution < -0.4 is 10.4 Å². The van der Waals surface area contributed by atoms with E-state index in [-0.39, 0.29) is 17.6 Å². The summed E-state index contributed by atoms with van der Waals surface area (Å²) >= 11 is 0. The zero-order valence-corrected chi connectivity index (χ0v) is 12.9. The van der Waals surface area contributed by atoms with Crippen LogP contribution in [-0.4, -0.2) is 6.61 Å². The van der Waals surface area contributed by atoms with Gasteiger partial charge in [-0.1, -0.05) is 36.4 Å². The van der Waals surface area contributed by atoms with E-state index in [4.69, 9.17) is 9.15 Å². The molecule has 0 radical (unpaired) electrons. The van der Waals surface area contributed by atoms with Crippen LogP contribution in [0.2, 0.25) is 0 Å². The SMILES string of the molecule is O=c1cc(C(F)(F)F)c2ccc(OCC=Cc3ccccc3)cc2o1. The zero-order chi connectivity index (χ0) is 17.9. The Hall–Kier alpha value is -3.02. The Kier molecular flexibility index (Phi) is 4.61. The number of fused-ring (bicyclic) bond motifs is 1. The molecule has 128 valence electrons. The third-order valence-corrected chi connectivity index (χ3v) is 3.48. The van der Waals surface area contributed by atoms with E-state index in [1.54, 1.807) is 6.08 Å². The Morgan fingerprint density at radius 1 is 1.04 bits per heavy atom. The minimum atomic E-state index is -4.63. The number of hydrogen-bond donors (Lipinski definition) is 0. The number of alkyl halides is 3. The first-order valence-electron chi connectivity index (χ1n) is 7.43. The topological polar surface area (TPSA) is 39.4 Å². The van der Waals surface area contributed by atoms with Gasteiger partial charge in [0.1, 0.15) is 17.9 Å². The molecule has 3 rings (SSSR count). The lowest BCUT2D eigenvalue weighted by atomic mass is 10.1. The fourth-order valence-corrected chi connectivity index (χ4v) is 2.36. The van der Waals surface area contributed by atoms with Gasteiger partial charge in [0.15, 0.2) is 0 Å². The maximum atomic E-state index is 13.0. The maximum Gasteiger partial charge on any atom is 0.417 e. The Balaban J connectivity index is 1.80. The molecule has 0 unspecified atom stereocenters. The van der Waals surface area contributed by atoms with Gasteiger partial charge in [-0.05, 0) is 23.8 Å². The lowest BCUT2D eigenvalue weighted by molar-refractivity contribution is -0.136. The van der Waals surface area contributed by atoms with Crippen molar-refractivity contribution in [3.8, 4) is 5.75 Å². The summed E-state index contributed by atoms with van der Waals surface area (Å²) in [4.78, 5) is 11.4. The largest absolute Gasteiger partial charge is 0.489 e. The van der Waals surface area contributed by atoms with Crippen LogP contribution in [0, 0.1) is 0 Å². The molecule has 1 aromatic heterocycles. The van der Waals surface area contributed by atoms with E-state index in [2.05, 4.69) is 0 Å². The molecule has 2 aromatic carbocycles. The highest BCUT2D eigenvalue weighted by molar-refractivity contribution is 5.82. The third kappa shape index (κ3) is 4.09. The first kappa shape index (κ1) is 16.8. The van der Waals surface area contributed by atoms with E-state index < -0.39 is 17.4 Å². The van der Waals surface area contributed by atoms with Gasteiger partial charge in [0.25, 0.3) is 0 Å². The number of halogens is 3. The van der Waals surface area contributed by atoms with Gasteiger partial charge in [0, 0.05) is 17.5 Å². The monoisotopic (exact) mass is 346 g/mol. The van der Waals surface area contributed by atoms with E-state index in [9.17, 15) is 18.0 Å². The number of hydrogen-bond acceptors (Lipinski definition) is 3. The van der Waals surface area contributed by atoms with Crippen molar-refractivity contribution in [1.29, 1.82) is 0 Å². The number of ether oxygens (including phenoxy) is 1. The van der Waals surface area contributed by atoms with Gasteiger partial charge in [0.2, 0.25) is 0 Å². The van der Waals surface area contributed by atoms with Crippen molar-refractivity contribution >= 4 is 17.0 Å². The lowest BCUT2D eigenvalue weighted by Crippen LogP contribution is -2.11. The summed E-state index contributed by atoms with van der Waals surface area (Å²) in [6.45, 7) is 0.226. The molecule has 0 atom stereocenters.